The van der Waals surface area contributed by atoms with Gasteiger partial charge in [-0.2, -0.15) is 0 Å². The fraction of sp³-hybridized carbons (Fsp3) is 0.429. The highest BCUT2D eigenvalue weighted by Gasteiger charge is 2.45. The minimum Gasteiger partial charge on any atom is -0.494 e. The maximum absolute atomic E-state index is 14.0. The molecule has 0 aromatic heterocycles. The molecule has 28 heavy (non-hydrogen) atoms. The summed E-state index contributed by atoms with van der Waals surface area (Å²) in [6.45, 7) is 1.93. The lowest BCUT2D eigenvalue weighted by Gasteiger charge is -2.39. The average molecular weight is 411 g/mol. The van der Waals surface area contributed by atoms with E-state index in [4.69, 9.17) is 21.1 Å². The Morgan fingerprint density at radius 2 is 1.82 bits per heavy atom. The maximum atomic E-state index is 14.0. The Morgan fingerprint density at radius 3 is 2.46 bits per heavy atom. The Kier molecular flexibility index (Phi) is 6.91. The van der Waals surface area contributed by atoms with E-state index >= 15 is 0 Å². The molecule has 0 saturated carbocycles. The van der Waals surface area contributed by atoms with Crippen LogP contribution in [0.3, 0.4) is 0 Å². The van der Waals surface area contributed by atoms with Crippen LogP contribution in [0.1, 0.15) is 29.7 Å². The number of hydrogen-bond donors (Lipinski definition) is 3. The molecule has 1 saturated heterocycles. The number of benzene rings is 2. The SMILES string of the molecule is CCOc1ccc(Cc2cc([C@@H]3O[C@H](CO)[C@@H](F)[C@H](O)[C@H]3O)ccc2Cl)cc1. The lowest BCUT2D eigenvalue weighted by molar-refractivity contribution is -0.214. The van der Waals surface area contributed by atoms with Gasteiger partial charge in [0.05, 0.1) is 13.2 Å². The van der Waals surface area contributed by atoms with Gasteiger partial charge in [0.2, 0.25) is 0 Å². The molecule has 1 heterocycles. The molecule has 2 aromatic rings. The zero-order valence-corrected chi connectivity index (χ0v) is 16.2. The number of aliphatic hydroxyl groups excluding tert-OH is 3. The summed E-state index contributed by atoms with van der Waals surface area (Å²) in [6.07, 6.45) is -6.56. The first-order valence-electron chi connectivity index (χ1n) is 9.21. The molecule has 1 fully saturated rings. The number of hydrogen-bond acceptors (Lipinski definition) is 5. The Balaban J connectivity index is 1.82. The lowest BCUT2D eigenvalue weighted by Crippen LogP contribution is -2.53. The van der Waals surface area contributed by atoms with E-state index in [0.29, 0.717) is 23.6 Å². The van der Waals surface area contributed by atoms with Gasteiger partial charge in [-0.1, -0.05) is 35.9 Å². The van der Waals surface area contributed by atoms with E-state index in [1.54, 1.807) is 18.2 Å². The number of aliphatic hydroxyl groups is 3. The van der Waals surface area contributed by atoms with Crippen LogP contribution >= 0.6 is 11.6 Å². The molecule has 1 aliphatic rings. The van der Waals surface area contributed by atoms with Gasteiger partial charge >= 0.3 is 0 Å². The molecule has 152 valence electrons. The number of alkyl halides is 1. The van der Waals surface area contributed by atoms with Crippen LogP contribution in [0.25, 0.3) is 0 Å². The summed E-state index contributed by atoms with van der Waals surface area (Å²) in [4.78, 5) is 0. The monoisotopic (exact) mass is 410 g/mol. The molecule has 0 unspecified atom stereocenters. The second-order valence-electron chi connectivity index (χ2n) is 6.81. The third-order valence-corrected chi connectivity index (χ3v) is 5.24. The zero-order valence-electron chi connectivity index (χ0n) is 15.5. The highest BCUT2D eigenvalue weighted by atomic mass is 35.5. The van der Waals surface area contributed by atoms with Crippen LogP contribution in [-0.2, 0) is 11.2 Å². The van der Waals surface area contributed by atoms with E-state index in [0.717, 1.165) is 16.9 Å². The van der Waals surface area contributed by atoms with Crippen molar-refractivity contribution in [1.82, 2.24) is 0 Å². The fourth-order valence-corrected chi connectivity index (χ4v) is 3.53. The molecule has 3 rings (SSSR count). The minimum atomic E-state index is -1.85. The van der Waals surface area contributed by atoms with Crippen LogP contribution in [0.15, 0.2) is 42.5 Å². The molecule has 3 N–H and O–H groups in total. The summed E-state index contributed by atoms with van der Waals surface area (Å²) in [5, 5.41) is 30.1. The number of ether oxygens (including phenoxy) is 2. The molecule has 5 atom stereocenters. The predicted molar refractivity (Wildman–Crippen MR) is 103 cm³/mol. The fourth-order valence-electron chi connectivity index (χ4n) is 3.35. The van der Waals surface area contributed by atoms with Gasteiger partial charge in [0.25, 0.3) is 0 Å². The maximum Gasteiger partial charge on any atom is 0.157 e. The first-order chi connectivity index (χ1) is 13.4. The average Bonchev–Trinajstić information content (AvgIpc) is 2.70. The first kappa shape index (κ1) is 21.0. The van der Waals surface area contributed by atoms with Crippen LogP contribution in [0.5, 0.6) is 5.75 Å². The van der Waals surface area contributed by atoms with Crippen LogP contribution < -0.4 is 4.74 Å². The molecule has 2 aromatic carbocycles. The molecule has 0 spiro atoms. The summed E-state index contributed by atoms with van der Waals surface area (Å²) in [5.74, 6) is 0.787. The normalized spacial score (nSPS) is 27.6. The smallest absolute Gasteiger partial charge is 0.157 e. The van der Waals surface area contributed by atoms with E-state index in [9.17, 15) is 19.7 Å². The molecule has 0 radical (unpaired) electrons. The van der Waals surface area contributed by atoms with Gasteiger partial charge in [0, 0.05) is 5.02 Å². The number of halogens is 2. The summed E-state index contributed by atoms with van der Waals surface area (Å²) >= 11 is 6.33. The van der Waals surface area contributed by atoms with Crippen molar-refractivity contribution in [1.29, 1.82) is 0 Å². The van der Waals surface area contributed by atoms with Crippen molar-refractivity contribution in [2.24, 2.45) is 0 Å². The molecule has 0 amide bonds. The van der Waals surface area contributed by atoms with E-state index in [-0.39, 0.29) is 0 Å². The number of rotatable bonds is 6. The third-order valence-electron chi connectivity index (χ3n) is 4.87. The van der Waals surface area contributed by atoms with Gasteiger partial charge < -0.3 is 24.8 Å². The van der Waals surface area contributed by atoms with Crippen molar-refractivity contribution in [3.63, 3.8) is 0 Å². The van der Waals surface area contributed by atoms with E-state index < -0.39 is 37.2 Å². The lowest BCUT2D eigenvalue weighted by atomic mass is 9.90. The summed E-state index contributed by atoms with van der Waals surface area (Å²) < 4.78 is 24.9. The Labute approximate surface area is 168 Å². The first-order valence-corrected chi connectivity index (χ1v) is 9.59. The highest BCUT2D eigenvalue weighted by Crippen LogP contribution is 2.35. The second-order valence-corrected chi connectivity index (χ2v) is 7.22. The predicted octanol–water partition coefficient (Wildman–Crippen LogP) is 2.82. The van der Waals surface area contributed by atoms with Crippen LogP contribution in [0.4, 0.5) is 4.39 Å². The van der Waals surface area contributed by atoms with Gasteiger partial charge in [0.1, 0.15) is 30.2 Å². The van der Waals surface area contributed by atoms with Crippen molar-refractivity contribution in [3.05, 3.63) is 64.2 Å². The molecular weight excluding hydrogens is 387 g/mol. The summed E-state index contributed by atoms with van der Waals surface area (Å²) in [5.41, 5.74) is 2.38. The Morgan fingerprint density at radius 1 is 1.11 bits per heavy atom. The van der Waals surface area contributed by atoms with Gasteiger partial charge in [0.15, 0.2) is 6.17 Å². The van der Waals surface area contributed by atoms with Crippen molar-refractivity contribution < 1.29 is 29.2 Å². The highest BCUT2D eigenvalue weighted by molar-refractivity contribution is 6.31. The van der Waals surface area contributed by atoms with Crippen molar-refractivity contribution in [2.75, 3.05) is 13.2 Å². The van der Waals surface area contributed by atoms with E-state index in [1.165, 1.54) is 0 Å². The molecule has 1 aliphatic heterocycles. The standard InChI is InChI=1S/C21H24ClFO5/c1-2-27-15-6-3-12(4-7-15)9-14-10-13(5-8-16(14)22)21-20(26)19(25)18(23)17(11-24)28-21/h3-8,10,17-21,24-26H,2,9,11H2,1H3/t17-,18-,19+,20-,21+/m1/s1. The van der Waals surface area contributed by atoms with Crippen molar-refractivity contribution in [2.45, 2.75) is 43.9 Å². The van der Waals surface area contributed by atoms with Crippen molar-refractivity contribution in [3.8, 4) is 5.75 Å². The summed E-state index contributed by atoms with van der Waals surface area (Å²) in [7, 11) is 0. The molecule has 0 bridgehead atoms. The third kappa shape index (κ3) is 4.47. The second kappa shape index (κ2) is 9.20. The van der Waals surface area contributed by atoms with Gasteiger partial charge in [-0.15, -0.1) is 0 Å². The van der Waals surface area contributed by atoms with E-state index in [2.05, 4.69) is 0 Å². The zero-order chi connectivity index (χ0) is 20.3. The van der Waals surface area contributed by atoms with E-state index in [1.807, 2.05) is 31.2 Å². The Bertz CT molecular complexity index is 783. The minimum absolute atomic E-state index is 0.541. The van der Waals surface area contributed by atoms with Crippen molar-refractivity contribution >= 4 is 11.6 Å². The molecule has 7 heteroatoms. The van der Waals surface area contributed by atoms with Crippen LogP contribution in [0, 0.1) is 0 Å². The quantitative estimate of drug-likeness (QED) is 0.682. The molecule has 5 nitrogen and oxygen atoms in total. The van der Waals surface area contributed by atoms with Gasteiger partial charge in [-0.05, 0) is 48.2 Å². The van der Waals surface area contributed by atoms with Gasteiger partial charge in [-0.25, -0.2) is 4.39 Å². The Hall–Kier alpha value is -1.70. The molecular formula is C21H24ClFO5. The summed E-state index contributed by atoms with van der Waals surface area (Å²) in [6, 6.07) is 12.8. The topological polar surface area (TPSA) is 79.2 Å². The molecule has 0 aliphatic carbocycles. The van der Waals surface area contributed by atoms with Gasteiger partial charge in [-0.3, -0.25) is 0 Å². The largest absolute Gasteiger partial charge is 0.494 e. The van der Waals surface area contributed by atoms with Crippen LogP contribution in [0.2, 0.25) is 5.02 Å². The van der Waals surface area contributed by atoms with Crippen LogP contribution in [-0.4, -0.2) is 53.0 Å².